The number of aryl methyl sites for hydroxylation is 3. The van der Waals surface area contributed by atoms with E-state index in [0.717, 1.165) is 66.1 Å². The Morgan fingerprint density at radius 3 is 2.61 bits per heavy atom. The molecule has 0 unspecified atom stereocenters. The van der Waals surface area contributed by atoms with Crippen LogP contribution in [0.5, 0.6) is 11.5 Å². The zero-order valence-electron chi connectivity index (χ0n) is 22.4. The average Bonchev–Trinajstić information content (AvgIpc) is 3.30. The van der Waals surface area contributed by atoms with Crippen LogP contribution >= 0.6 is 0 Å². The fourth-order valence-electron chi connectivity index (χ4n) is 4.54. The highest BCUT2D eigenvalue weighted by molar-refractivity contribution is 5.76. The standard InChI is InChI=1S/C32H37N3O3/c1-3-11-26-17-19-29(30(24-26)37-2)38-23-10-22-35-28-15-8-7-14-27(28)34-31(35)16-9-21-33-32(36)20-18-25-12-5-4-6-13-25/h3-8,11-15,17,19,24H,9-10,16,18,20-23H2,1-2H3,(H,33,36)/b11-3+. The summed E-state index contributed by atoms with van der Waals surface area (Å²) < 4.78 is 13.9. The Bertz CT molecular complexity index is 1340. The molecule has 0 radical (unpaired) electrons. The summed E-state index contributed by atoms with van der Waals surface area (Å²) in [4.78, 5) is 17.1. The minimum absolute atomic E-state index is 0.0914. The Balaban J connectivity index is 1.28. The predicted molar refractivity (Wildman–Crippen MR) is 154 cm³/mol. The second-order valence-corrected chi connectivity index (χ2v) is 9.22. The number of carbonyl (C=O) groups is 1. The van der Waals surface area contributed by atoms with Gasteiger partial charge in [0.2, 0.25) is 5.91 Å². The number of para-hydroxylation sites is 2. The monoisotopic (exact) mass is 511 g/mol. The van der Waals surface area contributed by atoms with E-state index in [0.29, 0.717) is 19.6 Å². The molecule has 0 atom stereocenters. The van der Waals surface area contributed by atoms with Gasteiger partial charge in [-0.15, -0.1) is 0 Å². The van der Waals surface area contributed by atoms with Gasteiger partial charge in [0, 0.05) is 25.9 Å². The number of nitrogens with zero attached hydrogens (tertiary/aromatic N) is 2. The lowest BCUT2D eigenvalue weighted by Gasteiger charge is -2.13. The van der Waals surface area contributed by atoms with Gasteiger partial charge in [0.15, 0.2) is 11.5 Å². The molecule has 0 saturated carbocycles. The summed E-state index contributed by atoms with van der Waals surface area (Å²) in [7, 11) is 1.66. The molecule has 0 aliphatic heterocycles. The Hall–Kier alpha value is -4.06. The van der Waals surface area contributed by atoms with Crippen LogP contribution in [0.15, 0.2) is 78.9 Å². The Morgan fingerprint density at radius 2 is 1.79 bits per heavy atom. The molecule has 0 aliphatic carbocycles. The quantitative estimate of drug-likeness (QED) is 0.204. The van der Waals surface area contributed by atoms with Crippen LogP contribution in [0.3, 0.4) is 0 Å². The zero-order valence-corrected chi connectivity index (χ0v) is 22.4. The molecule has 1 amide bonds. The maximum Gasteiger partial charge on any atom is 0.220 e. The predicted octanol–water partition coefficient (Wildman–Crippen LogP) is 6.23. The number of aromatic nitrogens is 2. The number of methoxy groups -OCH3 is 1. The van der Waals surface area contributed by atoms with Crippen molar-refractivity contribution in [3.05, 3.63) is 95.8 Å². The second-order valence-electron chi connectivity index (χ2n) is 9.22. The zero-order chi connectivity index (χ0) is 26.6. The van der Waals surface area contributed by atoms with Gasteiger partial charge in [0.1, 0.15) is 5.82 Å². The molecule has 6 heteroatoms. The van der Waals surface area contributed by atoms with Crippen molar-refractivity contribution in [1.29, 1.82) is 0 Å². The number of ether oxygens (including phenoxy) is 2. The molecule has 0 aliphatic rings. The van der Waals surface area contributed by atoms with Crippen LogP contribution < -0.4 is 14.8 Å². The highest BCUT2D eigenvalue weighted by atomic mass is 16.5. The number of hydrogen-bond donors (Lipinski definition) is 1. The summed E-state index contributed by atoms with van der Waals surface area (Å²) in [6.45, 7) is 4.01. The number of nitrogens with one attached hydrogen (secondary N) is 1. The summed E-state index contributed by atoms with van der Waals surface area (Å²) in [6.07, 6.45) is 7.78. The van der Waals surface area contributed by atoms with Crippen LogP contribution in [-0.2, 0) is 24.2 Å². The molecule has 0 saturated heterocycles. The van der Waals surface area contributed by atoms with E-state index >= 15 is 0 Å². The number of imidazole rings is 1. The third-order valence-corrected chi connectivity index (χ3v) is 6.45. The van der Waals surface area contributed by atoms with Crippen LogP contribution in [0.1, 0.15) is 43.1 Å². The first-order valence-electron chi connectivity index (χ1n) is 13.4. The molecule has 0 spiro atoms. The van der Waals surface area contributed by atoms with Crippen LogP contribution in [0.25, 0.3) is 17.1 Å². The van der Waals surface area contributed by atoms with E-state index in [-0.39, 0.29) is 5.91 Å². The average molecular weight is 512 g/mol. The molecule has 3 aromatic carbocycles. The maximum absolute atomic E-state index is 12.3. The van der Waals surface area contributed by atoms with E-state index in [1.807, 2.05) is 73.7 Å². The van der Waals surface area contributed by atoms with Gasteiger partial charge in [-0.2, -0.15) is 0 Å². The van der Waals surface area contributed by atoms with Crippen molar-refractivity contribution in [2.75, 3.05) is 20.3 Å². The first-order valence-corrected chi connectivity index (χ1v) is 13.4. The van der Waals surface area contributed by atoms with Crippen molar-refractivity contribution >= 4 is 23.0 Å². The van der Waals surface area contributed by atoms with Crippen molar-refractivity contribution in [3.8, 4) is 11.5 Å². The number of allylic oxidation sites excluding steroid dienone is 1. The van der Waals surface area contributed by atoms with Gasteiger partial charge >= 0.3 is 0 Å². The van der Waals surface area contributed by atoms with Crippen molar-refractivity contribution in [3.63, 3.8) is 0 Å². The lowest BCUT2D eigenvalue weighted by atomic mass is 10.1. The topological polar surface area (TPSA) is 65.4 Å². The van der Waals surface area contributed by atoms with Crippen molar-refractivity contribution in [1.82, 2.24) is 14.9 Å². The number of benzene rings is 3. The molecule has 0 bridgehead atoms. The van der Waals surface area contributed by atoms with E-state index in [1.54, 1.807) is 7.11 Å². The minimum atomic E-state index is 0.0914. The first-order chi connectivity index (χ1) is 18.7. The van der Waals surface area contributed by atoms with E-state index in [9.17, 15) is 4.79 Å². The summed E-state index contributed by atoms with van der Waals surface area (Å²) >= 11 is 0. The number of amides is 1. The van der Waals surface area contributed by atoms with Crippen LogP contribution in [0.2, 0.25) is 0 Å². The molecule has 1 heterocycles. The Morgan fingerprint density at radius 1 is 0.974 bits per heavy atom. The Labute approximate surface area is 225 Å². The molecule has 6 nitrogen and oxygen atoms in total. The normalized spacial score (nSPS) is 11.2. The summed E-state index contributed by atoms with van der Waals surface area (Å²) in [5, 5.41) is 3.06. The molecule has 4 rings (SSSR count). The van der Waals surface area contributed by atoms with Gasteiger partial charge in [-0.25, -0.2) is 4.98 Å². The third-order valence-electron chi connectivity index (χ3n) is 6.45. The highest BCUT2D eigenvalue weighted by Gasteiger charge is 2.11. The van der Waals surface area contributed by atoms with Gasteiger partial charge in [0.05, 0.1) is 24.8 Å². The summed E-state index contributed by atoms with van der Waals surface area (Å²) in [6, 6.07) is 24.3. The minimum Gasteiger partial charge on any atom is -0.493 e. The Kier molecular flexibility index (Phi) is 9.96. The second kappa shape index (κ2) is 14.0. The fourth-order valence-corrected chi connectivity index (χ4v) is 4.54. The molecular weight excluding hydrogens is 474 g/mol. The first kappa shape index (κ1) is 27.0. The summed E-state index contributed by atoms with van der Waals surface area (Å²) in [5.41, 5.74) is 4.39. The third kappa shape index (κ3) is 7.48. The van der Waals surface area contributed by atoms with Gasteiger partial charge in [0.25, 0.3) is 0 Å². The smallest absolute Gasteiger partial charge is 0.220 e. The lowest BCUT2D eigenvalue weighted by Crippen LogP contribution is -2.25. The van der Waals surface area contributed by atoms with Crippen LogP contribution in [0.4, 0.5) is 0 Å². The SMILES string of the molecule is C/C=C/c1ccc(OCCCn2c(CCCNC(=O)CCc3ccccc3)nc3ccccc32)c(OC)c1. The largest absolute Gasteiger partial charge is 0.493 e. The number of fused-ring (bicyclic) bond motifs is 1. The highest BCUT2D eigenvalue weighted by Crippen LogP contribution is 2.29. The van der Waals surface area contributed by atoms with Crippen molar-refractivity contribution < 1.29 is 14.3 Å². The van der Waals surface area contributed by atoms with Crippen molar-refractivity contribution in [2.45, 2.75) is 45.6 Å². The van der Waals surface area contributed by atoms with E-state index in [1.165, 1.54) is 5.56 Å². The van der Waals surface area contributed by atoms with E-state index in [4.69, 9.17) is 14.5 Å². The van der Waals surface area contributed by atoms with E-state index < -0.39 is 0 Å². The summed E-state index contributed by atoms with van der Waals surface area (Å²) in [5.74, 6) is 2.62. The number of carbonyl (C=O) groups excluding carboxylic acids is 1. The number of hydrogen-bond acceptors (Lipinski definition) is 4. The fraction of sp³-hybridized carbons (Fsp3) is 0.312. The molecule has 4 aromatic rings. The van der Waals surface area contributed by atoms with Crippen LogP contribution in [-0.4, -0.2) is 35.7 Å². The van der Waals surface area contributed by atoms with Crippen LogP contribution in [0, 0.1) is 0 Å². The molecule has 38 heavy (non-hydrogen) atoms. The maximum atomic E-state index is 12.3. The van der Waals surface area contributed by atoms with Gasteiger partial charge in [-0.3, -0.25) is 4.79 Å². The van der Waals surface area contributed by atoms with Gasteiger partial charge < -0.3 is 19.4 Å². The molecule has 0 fully saturated rings. The number of rotatable bonds is 14. The molecule has 1 N–H and O–H groups in total. The van der Waals surface area contributed by atoms with Gasteiger partial charge in [-0.1, -0.05) is 60.7 Å². The lowest BCUT2D eigenvalue weighted by molar-refractivity contribution is -0.121. The van der Waals surface area contributed by atoms with Gasteiger partial charge in [-0.05, 0) is 61.6 Å². The van der Waals surface area contributed by atoms with E-state index in [2.05, 4.69) is 28.1 Å². The molecule has 1 aromatic heterocycles. The van der Waals surface area contributed by atoms with Crippen molar-refractivity contribution in [2.24, 2.45) is 0 Å². The molecule has 198 valence electrons. The molecular formula is C32H37N3O3.